The van der Waals surface area contributed by atoms with E-state index in [0.29, 0.717) is 24.5 Å². The summed E-state index contributed by atoms with van der Waals surface area (Å²) < 4.78 is 1.95. The third-order valence-corrected chi connectivity index (χ3v) is 5.28. The fraction of sp³-hybridized carbons (Fsp3) is 0.350. The number of hydrogen-bond acceptors (Lipinski definition) is 4. The Morgan fingerprint density at radius 1 is 1.24 bits per heavy atom. The maximum absolute atomic E-state index is 12.2. The summed E-state index contributed by atoms with van der Waals surface area (Å²) in [6, 6.07) is 9.75. The minimum absolute atomic E-state index is 0. The van der Waals surface area contributed by atoms with Crippen molar-refractivity contribution in [3.8, 4) is 11.4 Å². The van der Waals surface area contributed by atoms with Crippen LogP contribution in [0.3, 0.4) is 0 Å². The van der Waals surface area contributed by atoms with Crippen LogP contribution in [0.15, 0.2) is 42.7 Å². The molecule has 9 heteroatoms. The Hall–Kier alpha value is -1.86. The van der Waals surface area contributed by atoms with Crippen molar-refractivity contribution in [2.75, 3.05) is 19.6 Å². The van der Waals surface area contributed by atoms with Gasteiger partial charge in [-0.2, -0.15) is 0 Å². The second kappa shape index (κ2) is 10.3. The molecule has 4 heterocycles. The van der Waals surface area contributed by atoms with Crippen LogP contribution in [0.2, 0.25) is 5.02 Å². The van der Waals surface area contributed by atoms with E-state index in [4.69, 9.17) is 22.3 Å². The Morgan fingerprint density at radius 2 is 2.07 bits per heavy atom. The number of nitrogens with two attached hydrogens (primary N) is 1. The zero-order chi connectivity index (χ0) is 18.8. The molecule has 2 N–H and O–H groups in total. The van der Waals surface area contributed by atoms with Crippen molar-refractivity contribution in [1.82, 2.24) is 19.3 Å². The van der Waals surface area contributed by atoms with Crippen molar-refractivity contribution in [3.05, 3.63) is 53.4 Å². The normalized spacial score (nSPS) is 16.2. The van der Waals surface area contributed by atoms with Crippen LogP contribution in [-0.2, 0) is 4.79 Å². The molecule has 3 aromatic rings. The van der Waals surface area contributed by atoms with Gasteiger partial charge in [0, 0.05) is 43.9 Å². The fourth-order valence-electron chi connectivity index (χ4n) is 3.69. The molecular formula is C20H24Cl3N5O. The molecule has 1 atom stereocenters. The molecule has 0 bridgehead atoms. The molecule has 0 saturated carbocycles. The standard InChI is InChI=1S/C20H22ClN5O.2ClH/c21-15-6-7-19-23-11-18(26(19)13-15)17-5-1-4-16(24-17)14-3-2-10-25(12-14)20(27)8-9-22;;/h1,4-7,11,13-14H,2-3,8-10,12,22H2;2*1H. The van der Waals surface area contributed by atoms with Gasteiger partial charge in [0.05, 0.1) is 22.6 Å². The van der Waals surface area contributed by atoms with Crippen molar-refractivity contribution in [2.45, 2.75) is 25.2 Å². The van der Waals surface area contributed by atoms with E-state index in [-0.39, 0.29) is 36.6 Å². The lowest BCUT2D eigenvalue weighted by atomic mass is 9.93. The van der Waals surface area contributed by atoms with Crippen molar-refractivity contribution >= 4 is 48.0 Å². The van der Waals surface area contributed by atoms with Crippen molar-refractivity contribution in [2.24, 2.45) is 5.73 Å². The van der Waals surface area contributed by atoms with E-state index < -0.39 is 0 Å². The van der Waals surface area contributed by atoms with Crippen LogP contribution >= 0.6 is 36.4 Å². The Bertz CT molecular complexity index is 978. The van der Waals surface area contributed by atoms with E-state index in [0.717, 1.165) is 42.1 Å². The molecule has 29 heavy (non-hydrogen) atoms. The summed E-state index contributed by atoms with van der Waals surface area (Å²) in [5.41, 5.74) is 9.13. The van der Waals surface area contributed by atoms with Crippen LogP contribution in [-0.4, -0.2) is 44.8 Å². The molecule has 0 aromatic carbocycles. The van der Waals surface area contributed by atoms with Crippen molar-refractivity contribution < 1.29 is 4.79 Å². The number of aromatic nitrogens is 3. The minimum Gasteiger partial charge on any atom is -0.342 e. The Labute approximate surface area is 187 Å². The summed E-state index contributed by atoms with van der Waals surface area (Å²) >= 11 is 6.14. The number of nitrogens with zero attached hydrogens (tertiary/aromatic N) is 4. The Morgan fingerprint density at radius 3 is 2.86 bits per heavy atom. The van der Waals surface area contributed by atoms with Crippen molar-refractivity contribution in [3.63, 3.8) is 0 Å². The quantitative estimate of drug-likeness (QED) is 0.645. The first-order valence-electron chi connectivity index (χ1n) is 9.23. The first-order chi connectivity index (χ1) is 13.2. The summed E-state index contributed by atoms with van der Waals surface area (Å²) in [4.78, 5) is 23.5. The third-order valence-electron chi connectivity index (χ3n) is 5.05. The number of halogens is 3. The van der Waals surface area contributed by atoms with Crippen LogP contribution in [0.4, 0.5) is 0 Å². The number of likely N-dealkylation sites (tertiary alicyclic amines) is 1. The number of hydrogen-bond donors (Lipinski definition) is 1. The highest BCUT2D eigenvalue weighted by atomic mass is 35.5. The van der Waals surface area contributed by atoms with Crippen LogP contribution in [0, 0.1) is 0 Å². The van der Waals surface area contributed by atoms with Crippen LogP contribution in [0.1, 0.15) is 30.9 Å². The minimum atomic E-state index is 0. The summed E-state index contributed by atoms with van der Waals surface area (Å²) in [5, 5.41) is 0.652. The average molecular weight is 457 g/mol. The number of imidazole rings is 1. The molecule has 1 saturated heterocycles. The topological polar surface area (TPSA) is 76.5 Å². The average Bonchev–Trinajstić information content (AvgIpc) is 3.11. The maximum Gasteiger partial charge on any atom is 0.223 e. The SMILES string of the molecule is Cl.Cl.NCCC(=O)N1CCCC(c2cccc(-c3cnc4ccc(Cl)cn34)n2)C1. The van der Waals surface area contributed by atoms with E-state index in [1.54, 1.807) is 0 Å². The lowest BCUT2D eigenvalue weighted by Crippen LogP contribution is -2.40. The molecule has 156 valence electrons. The summed E-state index contributed by atoms with van der Waals surface area (Å²) in [5.74, 6) is 0.373. The van der Waals surface area contributed by atoms with Crippen LogP contribution in [0.25, 0.3) is 17.0 Å². The zero-order valence-electron chi connectivity index (χ0n) is 15.8. The predicted molar refractivity (Wildman–Crippen MR) is 120 cm³/mol. The molecule has 1 aliphatic rings. The number of rotatable bonds is 4. The van der Waals surface area contributed by atoms with Crippen LogP contribution in [0.5, 0.6) is 0 Å². The van der Waals surface area contributed by atoms with Gasteiger partial charge in [0.15, 0.2) is 0 Å². The number of piperidine rings is 1. The lowest BCUT2D eigenvalue weighted by Gasteiger charge is -2.32. The number of carbonyl (C=O) groups excluding carboxylic acids is 1. The Balaban J connectivity index is 0.00000150. The zero-order valence-corrected chi connectivity index (χ0v) is 18.2. The number of fused-ring (bicyclic) bond motifs is 1. The lowest BCUT2D eigenvalue weighted by molar-refractivity contribution is -0.132. The Kier molecular flexibility index (Phi) is 8.28. The molecule has 1 aliphatic heterocycles. The highest BCUT2D eigenvalue weighted by molar-refractivity contribution is 6.30. The molecular weight excluding hydrogens is 433 g/mol. The van der Waals surface area contributed by atoms with Crippen molar-refractivity contribution in [1.29, 1.82) is 0 Å². The van der Waals surface area contributed by atoms with E-state index in [1.807, 2.05) is 52.0 Å². The number of pyridine rings is 2. The van der Waals surface area contributed by atoms with Gasteiger partial charge in [-0.1, -0.05) is 17.7 Å². The summed E-state index contributed by atoms with van der Waals surface area (Å²) in [6.07, 6.45) is 6.08. The van der Waals surface area contributed by atoms with Gasteiger partial charge in [-0.15, -0.1) is 24.8 Å². The van der Waals surface area contributed by atoms with E-state index in [1.165, 1.54) is 0 Å². The number of amides is 1. The van der Waals surface area contributed by atoms with Gasteiger partial charge < -0.3 is 10.6 Å². The van der Waals surface area contributed by atoms with E-state index in [2.05, 4.69) is 4.98 Å². The second-order valence-corrected chi connectivity index (χ2v) is 7.32. The van der Waals surface area contributed by atoms with Gasteiger partial charge in [-0.3, -0.25) is 14.2 Å². The molecule has 1 fully saturated rings. The van der Waals surface area contributed by atoms with Gasteiger partial charge in [0.25, 0.3) is 0 Å². The van der Waals surface area contributed by atoms with Crippen LogP contribution < -0.4 is 5.73 Å². The second-order valence-electron chi connectivity index (χ2n) is 6.88. The summed E-state index contributed by atoms with van der Waals surface area (Å²) in [7, 11) is 0. The first-order valence-corrected chi connectivity index (χ1v) is 9.61. The van der Waals surface area contributed by atoms with Gasteiger partial charge in [0.1, 0.15) is 5.65 Å². The highest BCUT2D eigenvalue weighted by Crippen LogP contribution is 2.28. The monoisotopic (exact) mass is 455 g/mol. The largest absolute Gasteiger partial charge is 0.342 e. The smallest absolute Gasteiger partial charge is 0.223 e. The number of carbonyl (C=O) groups is 1. The molecule has 0 aliphatic carbocycles. The third kappa shape index (κ3) is 5.01. The van der Waals surface area contributed by atoms with E-state index >= 15 is 0 Å². The van der Waals surface area contributed by atoms with Gasteiger partial charge in [-0.25, -0.2) is 4.98 Å². The molecule has 4 rings (SSSR count). The predicted octanol–water partition coefficient (Wildman–Crippen LogP) is 3.95. The summed E-state index contributed by atoms with van der Waals surface area (Å²) in [6.45, 7) is 1.90. The maximum atomic E-state index is 12.2. The first kappa shape index (κ1) is 23.4. The van der Waals surface area contributed by atoms with E-state index in [9.17, 15) is 4.79 Å². The molecule has 1 unspecified atom stereocenters. The van der Waals surface area contributed by atoms with Gasteiger partial charge >= 0.3 is 0 Å². The molecule has 6 nitrogen and oxygen atoms in total. The molecule has 0 spiro atoms. The molecule has 3 aromatic heterocycles. The molecule has 0 radical (unpaired) electrons. The fourth-order valence-corrected chi connectivity index (χ4v) is 3.85. The van der Waals surface area contributed by atoms with Gasteiger partial charge in [-0.05, 0) is 37.1 Å². The van der Waals surface area contributed by atoms with Gasteiger partial charge in [0.2, 0.25) is 5.91 Å². The molecule has 1 amide bonds. The highest BCUT2D eigenvalue weighted by Gasteiger charge is 2.25.